The van der Waals surface area contributed by atoms with Crippen LogP contribution in [-0.2, 0) is 6.42 Å². The highest BCUT2D eigenvalue weighted by molar-refractivity contribution is 6.17. The van der Waals surface area contributed by atoms with Gasteiger partial charge in [-0.3, -0.25) is 4.79 Å². The Morgan fingerprint density at radius 2 is 1.75 bits per heavy atom. The summed E-state index contributed by atoms with van der Waals surface area (Å²) in [5.41, 5.74) is 3.07. The van der Waals surface area contributed by atoms with Gasteiger partial charge in [0.15, 0.2) is 5.78 Å². The van der Waals surface area contributed by atoms with Crippen molar-refractivity contribution >= 4 is 23.5 Å². The number of carbonyl (C=O) groups excluding carboxylic acids is 1. The van der Waals surface area contributed by atoms with Crippen molar-refractivity contribution in [1.82, 2.24) is 0 Å². The van der Waals surface area contributed by atoms with E-state index in [1.54, 1.807) is 6.08 Å². The van der Waals surface area contributed by atoms with Gasteiger partial charge in [0.1, 0.15) is 0 Å². The Hall–Kier alpha value is -1.86. The topological polar surface area (TPSA) is 17.1 Å². The number of aryl methyl sites for hydroxylation is 1. The molecule has 0 aromatic heterocycles. The molecule has 0 aliphatic heterocycles. The molecule has 2 aromatic carbocycles. The van der Waals surface area contributed by atoms with Gasteiger partial charge in [-0.25, -0.2) is 0 Å². The summed E-state index contributed by atoms with van der Waals surface area (Å²) in [4.78, 5) is 11.9. The van der Waals surface area contributed by atoms with E-state index in [4.69, 9.17) is 11.6 Å². The lowest BCUT2D eigenvalue weighted by atomic mass is 10.1. The van der Waals surface area contributed by atoms with E-state index in [-0.39, 0.29) is 5.78 Å². The molecule has 0 unspecified atom stereocenters. The summed E-state index contributed by atoms with van der Waals surface area (Å²) in [6, 6.07) is 17.5. The van der Waals surface area contributed by atoms with E-state index in [1.165, 1.54) is 24.8 Å². The third kappa shape index (κ3) is 8.12. The Labute approximate surface area is 151 Å². The molecule has 0 atom stereocenters. The molecule has 0 saturated heterocycles. The number of alkyl halides is 1. The molecule has 0 fully saturated rings. The highest BCUT2D eigenvalue weighted by Crippen LogP contribution is 2.09. The predicted molar refractivity (Wildman–Crippen MR) is 106 cm³/mol. The first-order valence-electron chi connectivity index (χ1n) is 8.63. The maximum atomic E-state index is 11.9. The smallest absolute Gasteiger partial charge is 0.185 e. The number of unbranched alkanes of at least 4 members (excludes halogenated alkanes) is 2. The quantitative estimate of drug-likeness (QED) is 0.241. The maximum absolute atomic E-state index is 11.9. The number of rotatable bonds is 7. The van der Waals surface area contributed by atoms with Gasteiger partial charge in [-0.15, -0.1) is 11.6 Å². The minimum Gasteiger partial charge on any atom is -0.289 e. The van der Waals surface area contributed by atoms with Crippen LogP contribution in [0, 0.1) is 0 Å². The lowest BCUT2D eigenvalue weighted by Gasteiger charge is -1.98. The third-order valence-corrected chi connectivity index (χ3v) is 3.85. The fourth-order valence-corrected chi connectivity index (χ4v) is 2.32. The van der Waals surface area contributed by atoms with Crippen LogP contribution in [0.15, 0.2) is 60.7 Å². The summed E-state index contributed by atoms with van der Waals surface area (Å²) in [5, 5.41) is 0. The molecule has 128 valence electrons. The zero-order chi connectivity index (χ0) is 17.6. The van der Waals surface area contributed by atoms with Crippen molar-refractivity contribution in [3.05, 3.63) is 77.4 Å². The average molecular weight is 343 g/mol. The Bertz CT molecular complexity index is 613. The molecule has 0 bridgehead atoms. The molecule has 0 amide bonds. The number of halogens is 1. The van der Waals surface area contributed by atoms with Crippen LogP contribution < -0.4 is 0 Å². The number of ketones is 1. The monoisotopic (exact) mass is 342 g/mol. The summed E-state index contributed by atoms with van der Waals surface area (Å²) in [6.45, 7) is 4.30. The summed E-state index contributed by atoms with van der Waals surface area (Å²) < 4.78 is 0. The first-order chi connectivity index (χ1) is 11.7. The van der Waals surface area contributed by atoms with Gasteiger partial charge >= 0.3 is 0 Å². The zero-order valence-electron chi connectivity index (χ0n) is 14.7. The molecule has 0 radical (unpaired) electrons. The molecular weight excluding hydrogens is 316 g/mol. The van der Waals surface area contributed by atoms with Gasteiger partial charge in [-0.05, 0) is 30.0 Å². The second-order valence-corrected chi connectivity index (χ2v) is 5.94. The van der Waals surface area contributed by atoms with E-state index in [0.29, 0.717) is 0 Å². The van der Waals surface area contributed by atoms with Crippen LogP contribution in [0.5, 0.6) is 0 Å². The van der Waals surface area contributed by atoms with Crippen LogP contribution in [-0.4, -0.2) is 11.7 Å². The van der Waals surface area contributed by atoms with Crippen molar-refractivity contribution in [2.24, 2.45) is 0 Å². The minimum atomic E-state index is 0.0394. The molecule has 0 heterocycles. The molecular formula is C22H27ClO. The van der Waals surface area contributed by atoms with E-state index in [9.17, 15) is 4.79 Å². The second-order valence-electron chi connectivity index (χ2n) is 5.56. The van der Waals surface area contributed by atoms with Crippen LogP contribution in [0.2, 0.25) is 0 Å². The zero-order valence-corrected chi connectivity index (χ0v) is 15.4. The van der Waals surface area contributed by atoms with Gasteiger partial charge in [0, 0.05) is 11.4 Å². The fourth-order valence-electron chi connectivity index (χ4n) is 2.13. The lowest BCUT2D eigenvalue weighted by molar-refractivity contribution is 0.104. The third-order valence-electron chi connectivity index (χ3n) is 3.58. The van der Waals surface area contributed by atoms with E-state index in [0.717, 1.165) is 23.4 Å². The first kappa shape index (κ1) is 20.2. The molecule has 0 spiro atoms. The molecule has 0 aliphatic carbocycles. The summed E-state index contributed by atoms with van der Waals surface area (Å²) >= 11 is 5.38. The minimum absolute atomic E-state index is 0.0394. The molecule has 1 nitrogen and oxygen atoms in total. The molecule has 2 rings (SSSR count). The van der Waals surface area contributed by atoms with Crippen molar-refractivity contribution in [1.29, 1.82) is 0 Å². The molecule has 2 heteroatoms. The second kappa shape index (κ2) is 12.5. The first-order valence-corrected chi connectivity index (χ1v) is 9.17. The number of hydrogen-bond acceptors (Lipinski definition) is 1. The van der Waals surface area contributed by atoms with Gasteiger partial charge in [0.25, 0.3) is 0 Å². The van der Waals surface area contributed by atoms with Gasteiger partial charge in [0.2, 0.25) is 0 Å². The SMILES string of the molecule is CCCCCCl.CCc1cccc(C=CC(=O)c2ccccc2)c1. The van der Waals surface area contributed by atoms with Gasteiger partial charge in [0.05, 0.1) is 0 Å². The normalized spacial score (nSPS) is 10.3. The Morgan fingerprint density at radius 3 is 2.33 bits per heavy atom. The summed E-state index contributed by atoms with van der Waals surface area (Å²) in [7, 11) is 0. The van der Waals surface area contributed by atoms with E-state index in [2.05, 4.69) is 26.0 Å². The van der Waals surface area contributed by atoms with Crippen LogP contribution in [0.25, 0.3) is 6.08 Å². The van der Waals surface area contributed by atoms with Crippen molar-refractivity contribution in [3.63, 3.8) is 0 Å². The van der Waals surface area contributed by atoms with Crippen LogP contribution in [0.4, 0.5) is 0 Å². The highest BCUT2D eigenvalue weighted by atomic mass is 35.5. The predicted octanol–water partition coefficient (Wildman–Crippen LogP) is 6.56. The van der Waals surface area contributed by atoms with E-state index < -0.39 is 0 Å². The van der Waals surface area contributed by atoms with Gasteiger partial charge in [-0.2, -0.15) is 0 Å². The van der Waals surface area contributed by atoms with Crippen LogP contribution in [0.3, 0.4) is 0 Å². The number of benzene rings is 2. The van der Waals surface area contributed by atoms with Gasteiger partial charge in [-0.1, -0.05) is 87.4 Å². The Balaban J connectivity index is 0.000000413. The molecule has 0 saturated carbocycles. The number of hydrogen-bond donors (Lipinski definition) is 0. The standard InChI is InChI=1S/C17H16O.C5H11Cl/c1-2-14-7-6-8-15(13-14)11-12-17(18)16-9-4-3-5-10-16;1-2-3-4-5-6/h3-13H,2H2,1H3;2-5H2,1H3. The van der Waals surface area contributed by atoms with Crippen molar-refractivity contribution < 1.29 is 4.79 Å². The summed E-state index contributed by atoms with van der Waals surface area (Å²) in [6.07, 6.45) is 8.24. The molecule has 0 N–H and O–H groups in total. The fraction of sp³-hybridized carbons (Fsp3) is 0.318. The maximum Gasteiger partial charge on any atom is 0.185 e. The molecule has 0 aliphatic rings. The Kier molecular flexibility index (Phi) is 10.6. The highest BCUT2D eigenvalue weighted by Gasteiger charge is 1.99. The molecule has 24 heavy (non-hydrogen) atoms. The molecule has 2 aromatic rings. The Morgan fingerprint density at radius 1 is 1.00 bits per heavy atom. The largest absolute Gasteiger partial charge is 0.289 e. The van der Waals surface area contributed by atoms with Crippen molar-refractivity contribution in [2.45, 2.75) is 39.5 Å². The average Bonchev–Trinajstić information content (AvgIpc) is 2.65. The number of carbonyl (C=O) groups is 1. The van der Waals surface area contributed by atoms with Crippen molar-refractivity contribution in [3.8, 4) is 0 Å². The van der Waals surface area contributed by atoms with Crippen molar-refractivity contribution in [2.75, 3.05) is 5.88 Å². The van der Waals surface area contributed by atoms with E-state index in [1.807, 2.05) is 48.5 Å². The van der Waals surface area contributed by atoms with E-state index >= 15 is 0 Å². The van der Waals surface area contributed by atoms with Crippen LogP contribution in [0.1, 0.15) is 54.6 Å². The lowest BCUT2D eigenvalue weighted by Crippen LogP contribution is -1.92. The van der Waals surface area contributed by atoms with Gasteiger partial charge < -0.3 is 0 Å². The van der Waals surface area contributed by atoms with Crippen LogP contribution >= 0.6 is 11.6 Å². The summed E-state index contributed by atoms with van der Waals surface area (Å²) in [5.74, 6) is 0.867. The number of allylic oxidation sites excluding steroid dienone is 1.